The maximum absolute atomic E-state index is 14.7. The quantitative estimate of drug-likeness (QED) is 0.235. The van der Waals surface area contributed by atoms with Crippen molar-refractivity contribution in [3.63, 3.8) is 0 Å². The summed E-state index contributed by atoms with van der Waals surface area (Å²) in [5, 5.41) is 0.741. The number of rotatable bonds is 8. The largest absolute Gasteiger partial charge is 0.461 e. The van der Waals surface area contributed by atoms with Crippen molar-refractivity contribution < 1.29 is 27.0 Å². The molecule has 0 bridgehead atoms. The number of halogens is 1. The van der Waals surface area contributed by atoms with E-state index in [1.807, 2.05) is 0 Å². The standard InChI is InChI=1S/C25H23ClNO6PS/c1-3-32-25(28)23-24(34(29,33-4-2)19-11-7-5-8-12-19)21-17-18(26)15-16-22(21)27(23)35(30,31)20-13-9-6-10-14-20/h5-17H,3-4H2,1-2H3. The van der Waals surface area contributed by atoms with Gasteiger partial charge in [0.1, 0.15) is 0 Å². The zero-order chi connectivity index (χ0) is 25.2. The second-order valence-electron chi connectivity index (χ2n) is 7.47. The third-order valence-electron chi connectivity index (χ3n) is 5.31. The number of aromatic nitrogens is 1. The van der Waals surface area contributed by atoms with Crippen LogP contribution in [0.15, 0.2) is 83.8 Å². The van der Waals surface area contributed by atoms with Gasteiger partial charge in [-0.3, -0.25) is 4.57 Å². The molecular weight excluding hydrogens is 509 g/mol. The van der Waals surface area contributed by atoms with Crippen LogP contribution in [0.4, 0.5) is 0 Å². The first kappa shape index (κ1) is 25.2. The van der Waals surface area contributed by atoms with Crippen molar-refractivity contribution in [1.82, 2.24) is 3.97 Å². The second-order valence-corrected chi connectivity index (χ2v) is 12.0. The van der Waals surface area contributed by atoms with Gasteiger partial charge in [0.25, 0.3) is 17.4 Å². The zero-order valence-corrected chi connectivity index (χ0v) is 21.5. The predicted molar refractivity (Wildman–Crippen MR) is 137 cm³/mol. The molecule has 0 radical (unpaired) electrons. The maximum Gasteiger partial charge on any atom is 0.356 e. The third kappa shape index (κ3) is 4.43. The molecule has 1 unspecified atom stereocenters. The van der Waals surface area contributed by atoms with E-state index in [1.54, 1.807) is 62.4 Å². The summed E-state index contributed by atoms with van der Waals surface area (Å²) < 4.78 is 54.5. The molecule has 0 amide bonds. The van der Waals surface area contributed by atoms with Gasteiger partial charge in [-0.1, -0.05) is 48.0 Å². The van der Waals surface area contributed by atoms with Gasteiger partial charge in [-0.2, -0.15) is 0 Å². The number of hydrogen-bond acceptors (Lipinski definition) is 6. The highest BCUT2D eigenvalue weighted by atomic mass is 35.5. The molecule has 1 atom stereocenters. The number of carbonyl (C=O) groups excluding carboxylic acids is 1. The van der Waals surface area contributed by atoms with Gasteiger partial charge < -0.3 is 9.26 Å². The molecule has 0 fully saturated rings. The van der Waals surface area contributed by atoms with E-state index in [1.165, 1.54) is 30.3 Å². The highest BCUT2D eigenvalue weighted by molar-refractivity contribution is 7.90. The van der Waals surface area contributed by atoms with Crippen LogP contribution in [0.2, 0.25) is 5.02 Å². The molecule has 0 aliphatic carbocycles. The molecule has 7 nitrogen and oxygen atoms in total. The van der Waals surface area contributed by atoms with Crippen LogP contribution in [0, 0.1) is 0 Å². The van der Waals surface area contributed by atoms with Crippen LogP contribution in [0.25, 0.3) is 10.9 Å². The summed E-state index contributed by atoms with van der Waals surface area (Å²) in [6.07, 6.45) is 0. The monoisotopic (exact) mass is 531 g/mol. The highest BCUT2D eigenvalue weighted by Gasteiger charge is 2.41. The number of hydrogen-bond donors (Lipinski definition) is 0. The molecule has 35 heavy (non-hydrogen) atoms. The van der Waals surface area contributed by atoms with Gasteiger partial charge in [-0.15, -0.1) is 0 Å². The van der Waals surface area contributed by atoms with Crippen LogP contribution >= 0.6 is 19.0 Å². The summed E-state index contributed by atoms with van der Waals surface area (Å²) in [5.41, 5.74) is -0.249. The number of fused-ring (bicyclic) bond motifs is 1. The third-order valence-corrected chi connectivity index (χ3v) is 9.92. The fourth-order valence-electron chi connectivity index (χ4n) is 3.92. The molecule has 0 aliphatic heterocycles. The summed E-state index contributed by atoms with van der Waals surface area (Å²) in [4.78, 5) is 13.3. The minimum Gasteiger partial charge on any atom is -0.461 e. The number of esters is 1. The molecule has 10 heteroatoms. The van der Waals surface area contributed by atoms with Crippen molar-refractivity contribution in [3.05, 3.63) is 89.6 Å². The van der Waals surface area contributed by atoms with Crippen LogP contribution in [0.5, 0.6) is 0 Å². The summed E-state index contributed by atoms with van der Waals surface area (Å²) in [6.45, 7) is 3.31. The first-order valence-electron chi connectivity index (χ1n) is 10.9. The predicted octanol–water partition coefficient (Wildman–Crippen LogP) is 4.97. The van der Waals surface area contributed by atoms with Crippen molar-refractivity contribution in [2.75, 3.05) is 13.2 Å². The molecule has 182 valence electrons. The Labute approximate surface area is 208 Å². The van der Waals surface area contributed by atoms with Gasteiger partial charge in [0, 0.05) is 15.7 Å². The molecule has 0 saturated heterocycles. The minimum absolute atomic E-state index is 0.0176. The number of ether oxygens (including phenoxy) is 1. The highest BCUT2D eigenvalue weighted by Crippen LogP contribution is 2.49. The van der Waals surface area contributed by atoms with Gasteiger partial charge >= 0.3 is 5.97 Å². The van der Waals surface area contributed by atoms with E-state index < -0.39 is 23.4 Å². The first-order valence-corrected chi connectivity index (χ1v) is 14.3. The Hall–Kier alpha value is -2.90. The van der Waals surface area contributed by atoms with Crippen molar-refractivity contribution in [2.45, 2.75) is 18.7 Å². The van der Waals surface area contributed by atoms with E-state index in [4.69, 9.17) is 20.9 Å². The van der Waals surface area contributed by atoms with Crippen LogP contribution in [0.3, 0.4) is 0 Å². The van der Waals surface area contributed by atoms with Gasteiger partial charge in [0.05, 0.1) is 28.9 Å². The lowest BCUT2D eigenvalue weighted by molar-refractivity contribution is 0.0520. The Morgan fingerprint density at radius 3 is 2.17 bits per heavy atom. The Balaban J connectivity index is 2.22. The Bertz CT molecular complexity index is 1530. The lowest BCUT2D eigenvalue weighted by atomic mass is 10.2. The lowest BCUT2D eigenvalue weighted by Gasteiger charge is -2.20. The molecular formula is C25H23ClNO6PS. The molecule has 4 rings (SSSR count). The molecule has 0 N–H and O–H groups in total. The Kier molecular flexibility index (Phi) is 7.20. The fourth-order valence-corrected chi connectivity index (χ4v) is 8.12. The molecule has 4 aromatic rings. The van der Waals surface area contributed by atoms with Crippen molar-refractivity contribution >= 4 is 56.5 Å². The van der Waals surface area contributed by atoms with Gasteiger partial charge in [0.2, 0.25) is 0 Å². The molecule has 1 aromatic heterocycles. The molecule has 1 heterocycles. The second kappa shape index (κ2) is 9.99. The van der Waals surface area contributed by atoms with E-state index in [0.717, 1.165) is 3.97 Å². The normalized spacial score (nSPS) is 13.5. The maximum atomic E-state index is 14.7. The Morgan fingerprint density at radius 1 is 0.943 bits per heavy atom. The van der Waals surface area contributed by atoms with Crippen LogP contribution < -0.4 is 10.6 Å². The summed E-state index contributed by atoms with van der Waals surface area (Å²) >= 11 is 6.29. The summed E-state index contributed by atoms with van der Waals surface area (Å²) in [7, 11) is -8.30. The van der Waals surface area contributed by atoms with E-state index in [-0.39, 0.29) is 45.0 Å². The Morgan fingerprint density at radius 2 is 1.57 bits per heavy atom. The fraction of sp³-hybridized carbons (Fsp3) is 0.160. The van der Waals surface area contributed by atoms with E-state index in [0.29, 0.717) is 5.30 Å². The average Bonchev–Trinajstić information content (AvgIpc) is 3.21. The molecule has 0 spiro atoms. The van der Waals surface area contributed by atoms with E-state index in [9.17, 15) is 17.8 Å². The minimum atomic E-state index is -4.31. The van der Waals surface area contributed by atoms with Gasteiger partial charge in [0.15, 0.2) is 5.69 Å². The van der Waals surface area contributed by atoms with E-state index in [2.05, 4.69) is 0 Å². The first-order chi connectivity index (χ1) is 16.8. The topological polar surface area (TPSA) is 91.7 Å². The van der Waals surface area contributed by atoms with Crippen LogP contribution in [-0.4, -0.2) is 31.6 Å². The SMILES string of the molecule is CCOC(=O)c1c(P(=O)(OCC)c2ccccc2)c2cc(Cl)ccc2n1S(=O)(=O)c1ccccc1. The van der Waals surface area contributed by atoms with Crippen molar-refractivity contribution in [1.29, 1.82) is 0 Å². The zero-order valence-electron chi connectivity index (χ0n) is 19.0. The number of carbonyl (C=O) groups is 1. The average molecular weight is 532 g/mol. The smallest absolute Gasteiger partial charge is 0.356 e. The molecule has 0 aliphatic rings. The molecule has 0 saturated carbocycles. The lowest BCUT2D eigenvalue weighted by Crippen LogP contribution is -2.28. The van der Waals surface area contributed by atoms with E-state index >= 15 is 0 Å². The van der Waals surface area contributed by atoms with Crippen LogP contribution in [-0.2, 0) is 23.8 Å². The molecule has 3 aromatic carbocycles. The number of nitrogens with zero attached hydrogens (tertiary/aromatic N) is 1. The van der Waals surface area contributed by atoms with Crippen molar-refractivity contribution in [2.24, 2.45) is 0 Å². The summed E-state index contributed by atoms with van der Waals surface area (Å²) in [6, 6.07) is 20.5. The van der Waals surface area contributed by atoms with Gasteiger partial charge in [-0.05, 0) is 56.3 Å². The van der Waals surface area contributed by atoms with Crippen molar-refractivity contribution in [3.8, 4) is 0 Å². The summed E-state index contributed by atoms with van der Waals surface area (Å²) in [5.74, 6) is -0.940. The van der Waals surface area contributed by atoms with Gasteiger partial charge in [-0.25, -0.2) is 17.2 Å². The number of benzene rings is 3. The van der Waals surface area contributed by atoms with Crippen LogP contribution in [0.1, 0.15) is 24.3 Å².